The second kappa shape index (κ2) is 7.61. The smallest absolute Gasteiger partial charge is 0.416 e. The summed E-state index contributed by atoms with van der Waals surface area (Å²) in [6, 6.07) is 13.4. The molecule has 0 saturated carbocycles. The molecule has 0 saturated heterocycles. The Bertz CT molecular complexity index is 1130. The summed E-state index contributed by atoms with van der Waals surface area (Å²) in [6.45, 7) is 0.469. The highest BCUT2D eigenvalue weighted by Crippen LogP contribution is 2.33. The standard InChI is InChI=1S/C21H17F3N3O2P/c22-21(23,24)13-5-7-16(17(30)10-13)29-14-6-4-12-8-9-27(20(28)15(12)11-14)19-3-1-2-18(25)26-19/h1-7,10-11H,8-9,30H2,(H2,25,26). The van der Waals surface area contributed by atoms with Gasteiger partial charge in [0, 0.05) is 17.4 Å². The molecule has 1 aliphatic rings. The van der Waals surface area contributed by atoms with Crippen molar-refractivity contribution >= 4 is 32.1 Å². The molecule has 30 heavy (non-hydrogen) atoms. The molecule has 0 radical (unpaired) electrons. The van der Waals surface area contributed by atoms with E-state index in [2.05, 4.69) is 14.2 Å². The number of halogens is 3. The van der Waals surface area contributed by atoms with Gasteiger partial charge in [0.15, 0.2) is 0 Å². The van der Waals surface area contributed by atoms with E-state index in [-0.39, 0.29) is 17.0 Å². The van der Waals surface area contributed by atoms with Crippen molar-refractivity contribution in [2.75, 3.05) is 17.2 Å². The highest BCUT2D eigenvalue weighted by atomic mass is 31.0. The third-order valence-electron chi connectivity index (χ3n) is 4.76. The minimum Gasteiger partial charge on any atom is -0.457 e. The molecule has 1 aromatic heterocycles. The van der Waals surface area contributed by atoms with Crippen molar-refractivity contribution in [1.29, 1.82) is 0 Å². The van der Waals surface area contributed by atoms with Crippen LogP contribution in [0.5, 0.6) is 11.5 Å². The number of nitrogens with two attached hydrogens (primary N) is 1. The fraction of sp³-hybridized carbons (Fsp3) is 0.143. The molecule has 0 spiro atoms. The quantitative estimate of drug-likeness (QED) is 0.632. The molecule has 154 valence electrons. The second-order valence-corrected chi connectivity index (χ2v) is 7.42. The van der Waals surface area contributed by atoms with Crippen molar-refractivity contribution in [3.05, 3.63) is 71.3 Å². The van der Waals surface area contributed by atoms with E-state index in [0.29, 0.717) is 35.9 Å². The minimum absolute atomic E-state index is 0.238. The molecule has 3 aromatic rings. The monoisotopic (exact) mass is 431 g/mol. The van der Waals surface area contributed by atoms with Crippen LogP contribution >= 0.6 is 9.24 Å². The molecule has 1 aliphatic heterocycles. The van der Waals surface area contributed by atoms with Gasteiger partial charge in [0.05, 0.1) is 5.56 Å². The van der Waals surface area contributed by atoms with E-state index in [1.54, 1.807) is 41.3 Å². The lowest BCUT2D eigenvalue weighted by atomic mass is 9.98. The van der Waals surface area contributed by atoms with Gasteiger partial charge in [0.2, 0.25) is 0 Å². The van der Waals surface area contributed by atoms with Crippen molar-refractivity contribution in [3.8, 4) is 11.5 Å². The van der Waals surface area contributed by atoms with Gasteiger partial charge in [-0.05, 0) is 54.4 Å². The Balaban J connectivity index is 1.61. The number of benzene rings is 2. The van der Waals surface area contributed by atoms with Crippen LogP contribution < -0.4 is 20.7 Å². The van der Waals surface area contributed by atoms with Crippen LogP contribution in [-0.4, -0.2) is 17.4 Å². The Morgan fingerprint density at radius 2 is 1.90 bits per heavy atom. The first kappa shape index (κ1) is 20.2. The summed E-state index contributed by atoms with van der Waals surface area (Å²) < 4.78 is 44.3. The number of hydrogen-bond donors (Lipinski definition) is 1. The Labute approximate surface area is 172 Å². The van der Waals surface area contributed by atoms with E-state index in [1.807, 2.05) is 0 Å². The zero-order valence-corrected chi connectivity index (χ0v) is 16.8. The molecule has 2 N–H and O–H groups in total. The van der Waals surface area contributed by atoms with Crippen LogP contribution in [0.2, 0.25) is 0 Å². The number of carbonyl (C=O) groups excluding carboxylic acids is 1. The number of anilines is 2. The van der Waals surface area contributed by atoms with E-state index < -0.39 is 11.7 Å². The lowest BCUT2D eigenvalue weighted by Crippen LogP contribution is -2.38. The first-order chi connectivity index (χ1) is 14.2. The normalized spacial score (nSPS) is 13.9. The number of fused-ring (bicyclic) bond motifs is 1. The average molecular weight is 431 g/mol. The number of aromatic nitrogens is 1. The summed E-state index contributed by atoms with van der Waals surface area (Å²) in [5.74, 6) is 1.15. The van der Waals surface area contributed by atoms with Gasteiger partial charge >= 0.3 is 6.18 Å². The van der Waals surface area contributed by atoms with E-state index in [1.165, 1.54) is 6.07 Å². The number of nitrogen functional groups attached to an aromatic ring is 1. The largest absolute Gasteiger partial charge is 0.457 e. The summed E-state index contributed by atoms with van der Waals surface area (Å²) in [7, 11) is 2.24. The van der Waals surface area contributed by atoms with Crippen LogP contribution in [0.3, 0.4) is 0 Å². The van der Waals surface area contributed by atoms with Gasteiger partial charge in [-0.3, -0.25) is 9.69 Å². The molecule has 1 atom stereocenters. The van der Waals surface area contributed by atoms with Crippen LogP contribution in [0, 0.1) is 0 Å². The van der Waals surface area contributed by atoms with Crippen molar-refractivity contribution in [2.24, 2.45) is 0 Å². The van der Waals surface area contributed by atoms with Gasteiger partial charge in [-0.1, -0.05) is 12.1 Å². The van der Waals surface area contributed by atoms with Crippen LogP contribution in [0.25, 0.3) is 0 Å². The first-order valence-corrected chi connectivity index (χ1v) is 9.62. The molecule has 9 heteroatoms. The van der Waals surface area contributed by atoms with Crippen LogP contribution in [-0.2, 0) is 12.6 Å². The number of hydrogen-bond acceptors (Lipinski definition) is 4. The SMILES string of the molecule is Nc1cccc(N2CCc3ccc(Oc4ccc(C(F)(F)F)cc4P)cc3C2=O)n1. The first-order valence-electron chi connectivity index (χ1n) is 9.04. The molecule has 5 nitrogen and oxygen atoms in total. The highest BCUT2D eigenvalue weighted by Gasteiger charge is 2.31. The third-order valence-corrected chi connectivity index (χ3v) is 5.21. The maximum atomic E-state index is 13.0. The van der Waals surface area contributed by atoms with Gasteiger partial charge in [0.25, 0.3) is 5.91 Å². The summed E-state index contributed by atoms with van der Waals surface area (Å²) in [5, 5.41) is 0.263. The lowest BCUT2D eigenvalue weighted by molar-refractivity contribution is -0.137. The molecule has 2 aromatic carbocycles. The molecule has 4 rings (SSSR count). The van der Waals surface area contributed by atoms with Gasteiger partial charge in [0.1, 0.15) is 23.1 Å². The predicted molar refractivity (Wildman–Crippen MR) is 111 cm³/mol. The van der Waals surface area contributed by atoms with Crippen molar-refractivity contribution in [1.82, 2.24) is 4.98 Å². The Hall–Kier alpha value is -3.12. The molecule has 1 unspecified atom stereocenters. The van der Waals surface area contributed by atoms with Gasteiger partial charge in [-0.15, -0.1) is 9.24 Å². The number of amides is 1. The molecular formula is C21H17F3N3O2P. The summed E-state index contributed by atoms with van der Waals surface area (Å²) in [5.41, 5.74) is 6.29. The number of alkyl halides is 3. The summed E-state index contributed by atoms with van der Waals surface area (Å²) in [4.78, 5) is 18.8. The van der Waals surface area contributed by atoms with E-state index in [4.69, 9.17) is 10.5 Å². The number of ether oxygens (including phenoxy) is 1. The molecule has 0 bridgehead atoms. The van der Waals surface area contributed by atoms with Crippen LogP contribution in [0.15, 0.2) is 54.6 Å². The molecule has 1 amide bonds. The second-order valence-electron chi connectivity index (χ2n) is 6.80. The van der Waals surface area contributed by atoms with Crippen molar-refractivity contribution < 1.29 is 22.7 Å². The van der Waals surface area contributed by atoms with Crippen molar-refractivity contribution in [3.63, 3.8) is 0 Å². The van der Waals surface area contributed by atoms with E-state index in [9.17, 15) is 18.0 Å². The number of nitrogens with zero attached hydrogens (tertiary/aromatic N) is 2. The summed E-state index contributed by atoms with van der Waals surface area (Å²) >= 11 is 0. The Kier molecular flexibility index (Phi) is 5.12. The zero-order chi connectivity index (χ0) is 21.5. The van der Waals surface area contributed by atoms with Crippen molar-refractivity contribution in [2.45, 2.75) is 12.6 Å². The third kappa shape index (κ3) is 3.96. The van der Waals surface area contributed by atoms with Gasteiger partial charge in [-0.25, -0.2) is 4.98 Å². The maximum absolute atomic E-state index is 13.0. The van der Waals surface area contributed by atoms with E-state index >= 15 is 0 Å². The fourth-order valence-electron chi connectivity index (χ4n) is 3.27. The number of pyridine rings is 1. The topological polar surface area (TPSA) is 68.4 Å². The van der Waals surface area contributed by atoms with Crippen LogP contribution in [0.1, 0.15) is 21.5 Å². The molecular weight excluding hydrogens is 414 g/mol. The number of carbonyl (C=O) groups is 1. The lowest BCUT2D eigenvalue weighted by Gasteiger charge is -2.28. The highest BCUT2D eigenvalue weighted by molar-refractivity contribution is 7.27. The van der Waals surface area contributed by atoms with E-state index in [0.717, 1.165) is 17.7 Å². The zero-order valence-electron chi connectivity index (χ0n) is 15.6. The number of rotatable bonds is 3. The average Bonchev–Trinajstić information content (AvgIpc) is 2.69. The molecule has 2 heterocycles. The fourth-order valence-corrected chi connectivity index (χ4v) is 3.60. The molecule has 0 fully saturated rings. The summed E-state index contributed by atoms with van der Waals surface area (Å²) in [6.07, 6.45) is -3.80. The Morgan fingerprint density at radius 3 is 2.60 bits per heavy atom. The predicted octanol–water partition coefficient (Wildman–Crippen LogP) is 4.18. The van der Waals surface area contributed by atoms with Gasteiger partial charge in [-0.2, -0.15) is 13.2 Å². The minimum atomic E-state index is -4.43. The Morgan fingerprint density at radius 1 is 1.10 bits per heavy atom. The van der Waals surface area contributed by atoms with Gasteiger partial charge < -0.3 is 10.5 Å². The van der Waals surface area contributed by atoms with Crippen LogP contribution in [0.4, 0.5) is 24.8 Å². The molecule has 0 aliphatic carbocycles. The maximum Gasteiger partial charge on any atom is 0.416 e.